The van der Waals surface area contributed by atoms with Crippen LogP contribution in [-0.4, -0.2) is 24.2 Å². The molecule has 0 spiro atoms. The maximum atomic E-state index is 12.2. The number of para-hydroxylation sites is 1. The third kappa shape index (κ3) is 4.65. The monoisotopic (exact) mass is 386 g/mol. The van der Waals surface area contributed by atoms with Gasteiger partial charge in [0.1, 0.15) is 4.88 Å². The second-order valence-corrected chi connectivity index (χ2v) is 7.99. The average Bonchev–Trinajstić information content (AvgIpc) is 3.10. The molecule has 0 radical (unpaired) electrons. The third-order valence-electron chi connectivity index (χ3n) is 3.99. The van der Waals surface area contributed by atoms with Crippen molar-refractivity contribution in [3.05, 3.63) is 45.6 Å². The van der Waals surface area contributed by atoms with Gasteiger partial charge in [-0.15, -0.1) is 23.1 Å². The number of esters is 1. The maximum Gasteiger partial charge on any atom is 0.348 e. The van der Waals surface area contributed by atoms with Gasteiger partial charge in [0, 0.05) is 9.77 Å². The molecule has 0 unspecified atom stereocenters. The number of hydrogen-bond acceptors (Lipinski definition) is 6. The van der Waals surface area contributed by atoms with Gasteiger partial charge < -0.3 is 10.1 Å². The van der Waals surface area contributed by atoms with Crippen molar-refractivity contribution in [1.82, 2.24) is 0 Å². The number of nitrogens with one attached hydrogen (secondary N) is 1. The Morgan fingerprint density at radius 2 is 2.08 bits per heavy atom. The smallest absolute Gasteiger partial charge is 0.348 e. The average molecular weight is 386 g/mol. The van der Waals surface area contributed by atoms with E-state index in [0.29, 0.717) is 16.3 Å². The Morgan fingerprint density at radius 1 is 1.27 bits per heavy atom. The van der Waals surface area contributed by atoms with E-state index >= 15 is 0 Å². The maximum absolute atomic E-state index is 12.2. The highest BCUT2D eigenvalue weighted by molar-refractivity contribution is 7.99. The molecule has 134 valence electrons. The summed E-state index contributed by atoms with van der Waals surface area (Å²) in [6, 6.07) is 11.2. The van der Waals surface area contributed by atoms with Crippen LogP contribution in [0, 0.1) is 11.3 Å². The summed E-state index contributed by atoms with van der Waals surface area (Å²) in [7, 11) is 0. The van der Waals surface area contributed by atoms with Gasteiger partial charge >= 0.3 is 5.97 Å². The SMILES string of the molecule is N#CCSc1ccccc1NC(=O)COC(=O)c1cc2c(s1)CCCC2. The molecule has 0 fully saturated rings. The molecule has 1 aliphatic rings. The van der Waals surface area contributed by atoms with Crippen LogP contribution in [0.1, 0.15) is 33.0 Å². The molecule has 1 amide bonds. The molecular weight excluding hydrogens is 368 g/mol. The summed E-state index contributed by atoms with van der Waals surface area (Å²) in [5.41, 5.74) is 1.85. The molecule has 0 aliphatic heterocycles. The molecule has 1 N–H and O–H groups in total. The van der Waals surface area contributed by atoms with E-state index in [2.05, 4.69) is 11.4 Å². The topological polar surface area (TPSA) is 79.2 Å². The van der Waals surface area contributed by atoms with Crippen LogP contribution in [-0.2, 0) is 22.4 Å². The minimum absolute atomic E-state index is 0.297. The number of carbonyl (C=O) groups excluding carboxylic acids is 2. The van der Waals surface area contributed by atoms with E-state index in [4.69, 9.17) is 10.00 Å². The van der Waals surface area contributed by atoms with Gasteiger partial charge in [-0.25, -0.2) is 4.79 Å². The highest BCUT2D eigenvalue weighted by Gasteiger charge is 2.19. The molecule has 0 bridgehead atoms. The summed E-state index contributed by atoms with van der Waals surface area (Å²) in [5.74, 6) is -0.554. The lowest BCUT2D eigenvalue weighted by Crippen LogP contribution is -2.21. The van der Waals surface area contributed by atoms with Crippen molar-refractivity contribution in [1.29, 1.82) is 5.26 Å². The number of hydrogen-bond donors (Lipinski definition) is 1. The lowest BCUT2D eigenvalue weighted by atomic mass is 9.99. The lowest BCUT2D eigenvalue weighted by Gasteiger charge is -2.09. The number of benzene rings is 1. The Hall–Kier alpha value is -2.30. The molecule has 0 saturated carbocycles. The Kier molecular flexibility index (Phi) is 6.31. The van der Waals surface area contributed by atoms with Crippen LogP contribution in [0.15, 0.2) is 35.2 Å². The van der Waals surface area contributed by atoms with Crippen molar-refractivity contribution in [3.63, 3.8) is 0 Å². The van der Waals surface area contributed by atoms with Crippen molar-refractivity contribution in [3.8, 4) is 6.07 Å². The summed E-state index contributed by atoms with van der Waals surface area (Å²) >= 11 is 2.81. The number of thiophene rings is 1. The number of thioether (sulfide) groups is 1. The molecule has 1 heterocycles. The second kappa shape index (κ2) is 8.88. The number of fused-ring (bicyclic) bond motifs is 1. The fourth-order valence-electron chi connectivity index (χ4n) is 2.79. The van der Waals surface area contributed by atoms with Gasteiger partial charge in [-0.05, 0) is 49.4 Å². The van der Waals surface area contributed by atoms with E-state index in [0.717, 1.165) is 30.6 Å². The lowest BCUT2D eigenvalue weighted by molar-refractivity contribution is -0.119. The van der Waals surface area contributed by atoms with Crippen LogP contribution in [0.4, 0.5) is 5.69 Å². The molecule has 1 aromatic heterocycles. The van der Waals surface area contributed by atoms with E-state index in [-0.39, 0.29) is 6.61 Å². The predicted octanol–water partition coefficient (Wildman–Crippen LogP) is 4.04. The number of amides is 1. The molecule has 3 rings (SSSR count). The van der Waals surface area contributed by atoms with Crippen molar-refractivity contribution in [2.24, 2.45) is 0 Å². The van der Waals surface area contributed by atoms with E-state index in [9.17, 15) is 9.59 Å². The normalized spacial score (nSPS) is 12.7. The number of nitrogens with zero attached hydrogens (tertiary/aromatic N) is 1. The predicted molar refractivity (Wildman–Crippen MR) is 103 cm³/mol. The molecule has 5 nitrogen and oxygen atoms in total. The van der Waals surface area contributed by atoms with E-state index in [1.165, 1.54) is 33.5 Å². The Balaban J connectivity index is 1.55. The van der Waals surface area contributed by atoms with Crippen LogP contribution in [0.3, 0.4) is 0 Å². The van der Waals surface area contributed by atoms with Gasteiger partial charge in [0.15, 0.2) is 6.61 Å². The van der Waals surface area contributed by atoms with E-state index in [1.807, 2.05) is 18.2 Å². The fourth-order valence-corrected chi connectivity index (χ4v) is 4.60. The number of ether oxygens (including phenoxy) is 1. The van der Waals surface area contributed by atoms with Crippen molar-refractivity contribution >= 4 is 40.7 Å². The third-order valence-corrected chi connectivity index (χ3v) is 6.14. The number of carbonyl (C=O) groups is 2. The van der Waals surface area contributed by atoms with Crippen LogP contribution >= 0.6 is 23.1 Å². The summed E-state index contributed by atoms with van der Waals surface area (Å²) in [6.07, 6.45) is 4.35. The zero-order valence-corrected chi connectivity index (χ0v) is 15.8. The summed E-state index contributed by atoms with van der Waals surface area (Å²) in [4.78, 5) is 26.9. The van der Waals surface area contributed by atoms with Crippen molar-refractivity contribution in [2.75, 3.05) is 17.7 Å². The van der Waals surface area contributed by atoms with Gasteiger partial charge in [0.25, 0.3) is 5.91 Å². The van der Waals surface area contributed by atoms with Crippen molar-refractivity contribution < 1.29 is 14.3 Å². The molecule has 1 aliphatic carbocycles. The molecule has 0 atom stereocenters. The van der Waals surface area contributed by atoms with Crippen LogP contribution in [0.25, 0.3) is 0 Å². The van der Waals surface area contributed by atoms with Crippen LogP contribution < -0.4 is 5.32 Å². The Morgan fingerprint density at radius 3 is 2.88 bits per heavy atom. The summed E-state index contributed by atoms with van der Waals surface area (Å²) in [6.45, 7) is -0.335. The molecule has 7 heteroatoms. The molecule has 26 heavy (non-hydrogen) atoms. The quantitative estimate of drug-likeness (QED) is 0.599. The minimum atomic E-state index is -0.452. The van der Waals surface area contributed by atoms with Gasteiger partial charge in [0.05, 0.1) is 17.5 Å². The summed E-state index contributed by atoms with van der Waals surface area (Å²) in [5, 5.41) is 11.4. The van der Waals surface area contributed by atoms with Gasteiger partial charge in [-0.1, -0.05) is 12.1 Å². The molecule has 2 aromatic rings. The van der Waals surface area contributed by atoms with Gasteiger partial charge in [-0.2, -0.15) is 5.26 Å². The molecular formula is C19H18N2O3S2. The first-order chi connectivity index (χ1) is 12.7. The van der Waals surface area contributed by atoms with Crippen molar-refractivity contribution in [2.45, 2.75) is 30.6 Å². The standard InChI is InChI=1S/C19H18N2O3S2/c20-9-10-25-16-8-4-2-6-14(16)21-18(22)12-24-19(23)17-11-13-5-1-3-7-15(13)26-17/h2,4,6,8,11H,1,3,5,7,10,12H2,(H,21,22). The van der Waals surface area contributed by atoms with Crippen LogP contribution in [0.2, 0.25) is 0 Å². The first-order valence-corrected chi connectivity index (χ1v) is 10.1. The number of anilines is 1. The first kappa shape index (κ1) is 18.5. The zero-order valence-electron chi connectivity index (χ0n) is 14.1. The number of rotatable bonds is 6. The zero-order chi connectivity index (χ0) is 18.4. The van der Waals surface area contributed by atoms with E-state index < -0.39 is 11.9 Å². The first-order valence-electron chi connectivity index (χ1n) is 8.34. The van der Waals surface area contributed by atoms with Gasteiger partial charge in [-0.3, -0.25) is 4.79 Å². The minimum Gasteiger partial charge on any atom is -0.451 e. The number of nitriles is 1. The highest BCUT2D eigenvalue weighted by Crippen LogP contribution is 2.30. The fraction of sp³-hybridized carbons (Fsp3) is 0.316. The Labute approximate surface area is 160 Å². The largest absolute Gasteiger partial charge is 0.451 e. The Bertz CT molecular complexity index is 831. The van der Waals surface area contributed by atoms with Gasteiger partial charge in [0.2, 0.25) is 0 Å². The number of aryl methyl sites for hydroxylation is 2. The van der Waals surface area contributed by atoms with Crippen LogP contribution in [0.5, 0.6) is 0 Å². The summed E-state index contributed by atoms with van der Waals surface area (Å²) < 4.78 is 5.16. The molecule has 1 aromatic carbocycles. The second-order valence-electron chi connectivity index (χ2n) is 5.83. The van der Waals surface area contributed by atoms with E-state index in [1.54, 1.807) is 12.1 Å². The highest BCUT2D eigenvalue weighted by atomic mass is 32.2. The molecule has 0 saturated heterocycles.